The minimum Gasteiger partial charge on any atom is -0.491 e. The summed E-state index contributed by atoms with van der Waals surface area (Å²) in [6.45, 7) is 17.1. The molecule has 0 atom stereocenters. The molecule has 0 aliphatic heterocycles. The van der Waals surface area contributed by atoms with Crippen molar-refractivity contribution in [1.82, 2.24) is 0 Å². The molecule has 0 aromatic heterocycles. The van der Waals surface area contributed by atoms with Crippen molar-refractivity contribution in [3.63, 3.8) is 0 Å². The number of esters is 1. The van der Waals surface area contributed by atoms with E-state index in [2.05, 4.69) is 69.9 Å². The fourth-order valence-corrected chi connectivity index (χ4v) is 3.97. The van der Waals surface area contributed by atoms with Crippen molar-refractivity contribution >= 4 is 17.7 Å². The van der Waals surface area contributed by atoms with Gasteiger partial charge in [0.15, 0.2) is 0 Å². The molecule has 2 aromatic carbocycles. The molecule has 2 aromatic rings. The smallest absolute Gasteiger partial charge is 0.330 e. The van der Waals surface area contributed by atoms with E-state index in [4.69, 9.17) is 14.2 Å². The molecule has 0 heterocycles. The number of unbranched alkanes of at least 4 members (excludes halogenated alkanes) is 1. The van der Waals surface area contributed by atoms with Gasteiger partial charge in [-0.05, 0) is 72.2 Å². The summed E-state index contributed by atoms with van der Waals surface area (Å²) in [7, 11) is 0. The van der Waals surface area contributed by atoms with Gasteiger partial charge in [0.2, 0.25) is 0 Å². The molecule has 0 saturated heterocycles. The highest BCUT2D eigenvalue weighted by atomic mass is 16.5. The number of rotatable bonds is 16. The maximum Gasteiger partial charge on any atom is 0.330 e. The Morgan fingerprint density at radius 2 is 1.56 bits per heavy atom. The molecule has 36 heavy (non-hydrogen) atoms. The zero-order chi connectivity index (χ0) is 26.3. The first-order valence-corrected chi connectivity index (χ1v) is 13.4. The van der Waals surface area contributed by atoms with Crippen LogP contribution in [0.15, 0.2) is 48.5 Å². The number of carbonyl (C=O) groups excluding carboxylic acids is 1. The van der Waals surface area contributed by atoms with Crippen molar-refractivity contribution in [1.29, 1.82) is 0 Å². The van der Waals surface area contributed by atoms with Gasteiger partial charge >= 0.3 is 5.97 Å². The molecule has 0 aliphatic rings. The van der Waals surface area contributed by atoms with E-state index in [0.29, 0.717) is 31.7 Å². The second-order valence-electron chi connectivity index (χ2n) is 9.89. The lowest BCUT2D eigenvalue weighted by Gasteiger charge is -2.30. The van der Waals surface area contributed by atoms with Crippen molar-refractivity contribution < 1.29 is 19.0 Å². The Bertz CT molecular complexity index is 924. The fourth-order valence-electron chi connectivity index (χ4n) is 3.97. The van der Waals surface area contributed by atoms with Gasteiger partial charge in [-0.2, -0.15) is 0 Å². The van der Waals surface area contributed by atoms with Crippen LogP contribution < -0.4 is 9.64 Å². The number of benzene rings is 2. The minimum absolute atomic E-state index is 0.326. The molecule has 2 rings (SSSR count). The predicted octanol–water partition coefficient (Wildman–Crippen LogP) is 7.24. The van der Waals surface area contributed by atoms with E-state index in [1.54, 1.807) is 0 Å². The lowest BCUT2D eigenvalue weighted by atomic mass is 9.99. The van der Waals surface area contributed by atoms with E-state index >= 15 is 0 Å². The number of nitrogens with zero attached hydrogens (tertiary/aromatic N) is 1. The maximum atomic E-state index is 12.1. The SMILES string of the molecule is CCCCOCCOc1ccc(-c2ccc(N(CC(C)C)CC(C)C)c(/C=C/C(=O)OCC)c2)cc1. The molecule has 0 aliphatic carbocycles. The standard InChI is InChI=1S/C31H45NO4/c1-7-9-18-34-19-20-36-29-14-10-26(11-15-29)27-12-16-30(32(22-24(3)4)23-25(5)6)28(21-27)13-17-31(33)35-8-2/h10-17,21,24-25H,7-9,18-20,22-23H2,1-6H3/b17-13+. The molecule has 0 saturated carbocycles. The topological polar surface area (TPSA) is 48.0 Å². The summed E-state index contributed by atoms with van der Waals surface area (Å²) in [6.07, 6.45) is 5.61. The van der Waals surface area contributed by atoms with Crippen LogP contribution in [0.2, 0.25) is 0 Å². The van der Waals surface area contributed by atoms with Crippen molar-refractivity contribution in [2.45, 2.75) is 54.4 Å². The summed E-state index contributed by atoms with van der Waals surface area (Å²) >= 11 is 0. The van der Waals surface area contributed by atoms with E-state index in [1.165, 1.54) is 6.08 Å². The van der Waals surface area contributed by atoms with Gasteiger partial charge in [0.1, 0.15) is 12.4 Å². The van der Waals surface area contributed by atoms with Crippen LogP contribution in [0.4, 0.5) is 5.69 Å². The quantitative estimate of drug-likeness (QED) is 0.139. The normalized spacial score (nSPS) is 11.4. The first kappa shape index (κ1) is 29.4. The summed E-state index contributed by atoms with van der Waals surface area (Å²) in [5, 5.41) is 0. The van der Waals surface area contributed by atoms with Crippen molar-refractivity contribution in [2.75, 3.05) is 44.4 Å². The van der Waals surface area contributed by atoms with Crippen LogP contribution in [0, 0.1) is 11.8 Å². The fraction of sp³-hybridized carbons (Fsp3) is 0.516. The van der Waals surface area contributed by atoms with Crippen LogP contribution in [-0.4, -0.2) is 45.5 Å². The minimum atomic E-state index is -0.326. The molecular formula is C31H45NO4. The highest BCUT2D eigenvalue weighted by Crippen LogP contribution is 2.31. The van der Waals surface area contributed by atoms with Crippen molar-refractivity contribution in [3.8, 4) is 16.9 Å². The molecule has 0 fully saturated rings. The van der Waals surface area contributed by atoms with Crippen LogP contribution in [-0.2, 0) is 14.3 Å². The first-order valence-electron chi connectivity index (χ1n) is 13.4. The monoisotopic (exact) mass is 495 g/mol. The van der Waals surface area contributed by atoms with Crippen LogP contribution in [0.1, 0.15) is 59.9 Å². The molecule has 0 radical (unpaired) electrons. The van der Waals surface area contributed by atoms with E-state index in [-0.39, 0.29) is 5.97 Å². The third-order valence-corrected chi connectivity index (χ3v) is 5.55. The summed E-state index contributed by atoms with van der Waals surface area (Å²) in [5.74, 6) is 1.55. The van der Waals surface area contributed by atoms with E-state index in [9.17, 15) is 4.79 Å². The highest BCUT2D eigenvalue weighted by molar-refractivity contribution is 5.89. The summed E-state index contributed by atoms with van der Waals surface area (Å²) < 4.78 is 16.5. The molecule has 0 bridgehead atoms. The summed E-state index contributed by atoms with van der Waals surface area (Å²) in [5.41, 5.74) is 4.32. The predicted molar refractivity (Wildman–Crippen MR) is 151 cm³/mol. The van der Waals surface area contributed by atoms with E-state index in [1.807, 2.05) is 25.1 Å². The van der Waals surface area contributed by atoms with E-state index < -0.39 is 0 Å². The Morgan fingerprint density at radius 1 is 0.889 bits per heavy atom. The van der Waals surface area contributed by atoms with Crippen molar-refractivity contribution in [3.05, 3.63) is 54.1 Å². The molecule has 0 spiro atoms. The Hall–Kier alpha value is -2.79. The van der Waals surface area contributed by atoms with Gasteiger partial charge in [0.25, 0.3) is 0 Å². The van der Waals surface area contributed by atoms with Crippen LogP contribution in [0.3, 0.4) is 0 Å². The van der Waals surface area contributed by atoms with Gasteiger partial charge in [-0.3, -0.25) is 0 Å². The number of hydrogen-bond acceptors (Lipinski definition) is 5. The molecule has 0 amide bonds. The second-order valence-corrected chi connectivity index (χ2v) is 9.89. The van der Waals surface area contributed by atoms with Gasteiger partial charge < -0.3 is 19.1 Å². The number of carbonyl (C=O) groups is 1. The third kappa shape index (κ3) is 10.4. The lowest BCUT2D eigenvalue weighted by Crippen LogP contribution is -2.31. The molecule has 5 heteroatoms. The Labute approximate surface area is 218 Å². The average Bonchev–Trinajstić information content (AvgIpc) is 2.84. The Kier molecular flexibility index (Phi) is 13.1. The largest absolute Gasteiger partial charge is 0.491 e. The van der Waals surface area contributed by atoms with Gasteiger partial charge in [-0.1, -0.05) is 59.2 Å². The molecule has 198 valence electrons. The van der Waals surface area contributed by atoms with Crippen LogP contribution in [0.25, 0.3) is 17.2 Å². The third-order valence-electron chi connectivity index (χ3n) is 5.55. The van der Waals surface area contributed by atoms with Crippen LogP contribution in [0.5, 0.6) is 5.75 Å². The van der Waals surface area contributed by atoms with Gasteiger partial charge in [0.05, 0.1) is 13.2 Å². The zero-order valence-corrected chi connectivity index (χ0v) is 23.1. The molecule has 0 unspecified atom stereocenters. The van der Waals surface area contributed by atoms with Gasteiger partial charge in [0, 0.05) is 31.5 Å². The van der Waals surface area contributed by atoms with Crippen LogP contribution >= 0.6 is 0 Å². The highest BCUT2D eigenvalue weighted by Gasteiger charge is 2.15. The zero-order valence-electron chi connectivity index (χ0n) is 23.1. The maximum absolute atomic E-state index is 12.1. The number of hydrogen-bond donors (Lipinski definition) is 0. The molecule has 0 N–H and O–H groups in total. The first-order chi connectivity index (χ1) is 17.3. The lowest BCUT2D eigenvalue weighted by molar-refractivity contribution is -0.137. The average molecular weight is 496 g/mol. The van der Waals surface area contributed by atoms with Gasteiger partial charge in [-0.25, -0.2) is 4.79 Å². The van der Waals surface area contributed by atoms with E-state index in [0.717, 1.165) is 60.7 Å². The molecular weight excluding hydrogens is 450 g/mol. The van der Waals surface area contributed by atoms with Crippen molar-refractivity contribution in [2.24, 2.45) is 11.8 Å². The Balaban J connectivity index is 2.25. The number of ether oxygens (including phenoxy) is 3. The van der Waals surface area contributed by atoms with Gasteiger partial charge in [-0.15, -0.1) is 0 Å². The second kappa shape index (κ2) is 16.1. The summed E-state index contributed by atoms with van der Waals surface area (Å²) in [6, 6.07) is 14.6. The Morgan fingerprint density at radius 3 is 2.17 bits per heavy atom. The number of anilines is 1. The summed E-state index contributed by atoms with van der Waals surface area (Å²) in [4.78, 5) is 14.5. The molecule has 5 nitrogen and oxygen atoms in total.